The third-order valence-corrected chi connectivity index (χ3v) is 5.97. The smallest absolute Gasteiger partial charge is 0.324 e. The van der Waals surface area contributed by atoms with Crippen LogP contribution in [0.2, 0.25) is 0 Å². The number of anilines is 1. The van der Waals surface area contributed by atoms with Gasteiger partial charge in [-0.1, -0.05) is 82.7 Å². The highest BCUT2D eigenvalue weighted by Gasteiger charge is 2.50. The van der Waals surface area contributed by atoms with E-state index in [2.05, 4.69) is 26.6 Å². The van der Waals surface area contributed by atoms with Crippen LogP contribution in [0.25, 0.3) is 11.1 Å². The van der Waals surface area contributed by atoms with Crippen LogP contribution in [0.15, 0.2) is 83.3 Å². The minimum Gasteiger partial charge on any atom is -0.324 e. The molecule has 2 N–H and O–H groups in total. The van der Waals surface area contributed by atoms with Gasteiger partial charge in [0.2, 0.25) is 5.91 Å². The summed E-state index contributed by atoms with van der Waals surface area (Å²) in [5, 5.41) is 5.55. The predicted molar refractivity (Wildman–Crippen MR) is 122 cm³/mol. The number of carbonyl (C=O) groups is 3. The summed E-state index contributed by atoms with van der Waals surface area (Å²) in [6.07, 6.45) is 0. The fourth-order valence-electron chi connectivity index (χ4n) is 3.68. The Morgan fingerprint density at radius 1 is 0.968 bits per heavy atom. The van der Waals surface area contributed by atoms with Crippen LogP contribution >= 0.6 is 15.9 Å². The van der Waals surface area contributed by atoms with E-state index in [1.54, 1.807) is 31.2 Å². The van der Waals surface area contributed by atoms with Crippen LogP contribution in [0.3, 0.4) is 0 Å². The molecule has 1 heterocycles. The fraction of sp³-hybridized carbons (Fsp3) is 0.125. The highest BCUT2D eigenvalue weighted by Crippen LogP contribution is 2.33. The second-order valence-electron chi connectivity index (χ2n) is 7.39. The van der Waals surface area contributed by atoms with Crippen LogP contribution in [0.1, 0.15) is 12.5 Å². The Bertz CT molecular complexity index is 1170. The molecule has 0 aromatic heterocycles. The summed E-state index contributed by atoms with van der Waals surface area (Å²) in [6.45, 7) is 1.25. The van der Waals surface area contributed by atoms with Gasteiger partial charge in [0.1, 0.15) is 12.1 Å². The molecule has 6 nitrogen and oxygen atoms in total. The number of nitrogens with zero attached hydrogens (tertiary/aromatic N) is 1. The molecule has 0 bridgehead atoms. The molecule has 0 saturated carbocycles. The SMILES string of the molecule is CC1(c2ccccc2Br)NC(=O)N(CC(=O)Nc2ccccc2-c2ccccc2)C1=O. The van der Waals surface area contributed by atoms with Gasteiger partial charge in [0.25, 0.3) is 5.91 Å². The van der Waals surface area contributed by atoms with E-state index in [-0.39, 0.29) is 6.54 Å². The van der Waals surface area contributed by atoms with E-state index in [1.807, 2.05) is 54.6 Å². The molecule has 4 rings (SSSR count). The first-order chi connectivity index (χ1) is 14.9. The number of para-hydroxylation sites is 1. The Kier molecular flexibility index (Phi) is 5.61. The number of hydrogen-bond acceptors (Lipinski definition) is 3. The molecule has 3 aromatic carbocycles. The Balaban J connectivity index is 1.53. The number of urea groups is 1. The molecule has 3 aromatic rings. The highest BCUT2D eigenvalue weighted by molar-refractivity contribution is 9.10. The maximum Gasteiger partial charge on any atom is 0.325 e. The molecular formula is C24H20BrN3O3. The zero-order valence-electron chi connectivity index (χ0n) is 16.8. The van der Waals surface area contributed by atoms with Crippen molar-refractivity contribution in [2.24, 2.45) is 0 Å². The van der Waals surface area contributed by atoms with Crippen LogP contribution in [0.5, 0.6) is 0 Å². The van der Waals surface area contributed by atoms with E-state index in [0.717, 1.165) is 16.0 Å². The van der Waals surface area contributed by atoms with Crippen molar-refractivity contribution >= 4 is 39.5 Å². The second kappa shape index (κ2) is 8.35. The van der Waals surface area contributed by atoms with Gasteiger partial charge in [-0.2, -0.15) is 0 Å². The summed E-state index contributed by atoms with van der Waals surface area (Å²) in [5.41, 5.74) is 1.80. The molecule has 1 unspecified atom stereocenters. The number of imide groups is 1. The number of hydrogen-bond donors (Lipinski definition) is 2. The van der Waals surface area contributed by atoms with E-state index in [0.29, 0.717) is 15.7 Å². The van der Waals surface area contributed by atoms with Crippen LogP contribution < -0.4 is 10.6 Å². The number of amides is 4. The summed E-state index contributed by atoms with van der Waals surface area (Å²) >= 11 is 3.43. The number of nitrogens with one attached hydrogen (secondary N) is 2. The first-order valence-electron chi connectivity index (χ1n) is 9.73. The molecule has 1 aliphatic rings. The largest absolute Gasteiger partial charge is 0.325 e. The monoisotopic (exact) mass is 477 g/mol. The van der Waals surface area contributed by atoms with Gasteiger partial charge in [-0.25, -0.2) is 4.79 Å². The molecule has 0 spiro atoms. The standard InChI is InChI=1S/C24H20BrN3O3/c1-24(18-12-6-7-13-19(18)25)22(30)28(23(31)27-24)15-21(29)26-20-14-8-5-11-17(20)16-9-3-2-4-10-16/h2-14H,15H2,1H3,(H,26,29)(H,27,31). The zero-order valence-corrected chi connectivity index (χ0v) is 18.3. The Morgan fingerprint density at radius 3 is 2.35 bits per heavy atom. The van der Waals surface area contributed by atoms with Crippen molar-refractivity contribution in [2.75, 3.05) is 11.9 Å². The average Bonchev–Trinajstić information content (AvgIpc) is 2.98. The molecule has 1 aliphatic heterocycles. The Labute approximate surface area is 188 Å². The lowest BCUT2D eigenvalue weighted by Gasteiger charge is -2.23. The van der Waals surface area contributed by atoms with Crippen molar-refractivity contribution in [3.63, 3.8) is 0 Å². The van der Waals surface area contributed by atoms with Gasteiger partial charge in [0.15, 0.2) is 0 Å². The number of rotatable bonds is 5. The maximum atomic E-state index is 13.1. The molecule has 31 heavy (non-hydrogen) atoms. The summed E-state index contributed by atoms with van der Waals surface area (Å²) in [7, 11) is 0. The molecule has 156 valence electrons. The summed E-state index contributed by atoms with van der Waals surface area (Å²) in [6, 6.07) is 23.6. The molecule has 7 heteroatoms. The molecule has 1 atom stereocenters. The van der Waals surface area contributed by atoms with Crippen molar-refractivity contribution < 1.29 is 14.4 Å². The van der Waals surface area contributed by atoms with Crippen molar-refractivity contribution in [1.29, 1.82) is 0 Å². The van der Waals surface area contributed by atoms with E-state index in [1.165, 1.54) is 0 Å². The van der Waals surface area contributed by atoms with Gasteiger partial charge < -0.3 is 10.6 Å². The van der Waals surface area contributed by atoms with E-state index >= 15 is 0 Å². The normalized spacial score (nSPS) is 18.1. The van der Waals surface area contributed by atoms with Gasteiger partial charge in [0, 0.05) is 21.3 Å². The molecular weight excluding hydrogens is 458 g/mol. The van der Waals surface area contributed by atoms with Crippen LogP contribution in [0.4, 0.5) is 10.5 Å². The molecule has 0 radical (unpaired) electrons. The van der Waals surface area contributed by atoms with Gasteiger partial charge in [-0.3, -0.25) is 14.5 Å². The lowest BCUT2D eigenvalue weighted by molar-refractivity contribution is -0.133. The van der Waals surface area contributed by atoms with Crippen molar-refractivity contribution in [3.8, 4) is 11.1 Å². The topological polar surface area (TPSA) is 78.5 Å². The van der Waals surface area contributed by atoms with Gasteiger partial charge >= 0.3 is 6.03 Å². The molecule has 4 amide bonds. The summed E-state index contributed by atoms with van der Waals surface area (Å²) in [4.78, 5) is 39.4. The number of carbonyl (C=O) groups excluding carboxylic acids is 3. The van der Waals surface area contributed by atoms with E-state index in [4.69, 9.17) is 0 Å². The molecule has 1 saturated heterocycles. The summed E-state index contributed by atoms with van der Waals surface area (Å²) in [5.74, 6) is -0.931. The highest BCUT2D eigenvalue weighted by atomic mass is 79.9. The summed E-state index contributed by atoms with van der Waals surface area (Å²) < 4.78 is 0.703. The average molecular weight is 478 g/mol. The van der Waals surface area contributed by atoms with Gasteiger partial charge in [0.05, 0.1) is 0 Å². The Hall–Kier alpha value is -3.45. The quantitative estimate of drug-likeness (QED) is 0.530. The zero-order chi connectivity index (χ0) is 22.0. The lowest BCUT2D eigenvalue weighted by Crippen LogP contribution is -2.42. The van der Waals surface area contributed by atoms with Crippen molar-refractivity contribution in [1.82, 2.24) is 10.2 Å². The van der Waals surface area contributed by atoms with Crippen LogP contribution in [-0.2, 0) is 15.1 Å². The minimum absolute atomic E-state index is 0.381. The predicted octanol–water partition coefficient (Wildman–Crippen LogP) is 4.52. The first kappa shape index (κ1) is 20.8. The third kappa shape index (κ3) is 3.96. The van der Waals surface area contributed by atoms with Gasteiger partial charge in [-0.15, -0.1) is 0 Å². The third-order valence-electron chi connectivity index (χ3n) is 5.28. The maximum absolute atomic E-state index is 13.1. The number of halogens is 1. The van der Waals surface area contributed by atoms with Crippen molar-refractivity contribution in [2.45, 2.75) is 12.5 Å². The van der Waals surface area contributed by atoms with Crippen LogP contribution in [0, 0.1) is 0 Å². The first-order valence-corrected chi connectivity index (χ1v) is 10.5. The number of benzene rings is 3. The van der Waals surface area contributed by atoms with Crippen molar-refractivity contribution in [3.05, 3.63) is 88.9 Å². The Morgan fingerprint density at radius 2 is 1.61 bits per heavy atom. The molecule has 0 aliphatic carbocycles. The van der Waals surface area contributed by atoms with Gasteiger partial charge in [-0.05, 0) is 24.6 Å². The molecule has 1 fully saturated rings. The van der Waals surface area contributed by atoms with E-state index < -0.39 is 23.4 Å². The van der Waals surface area contributed by atoms with E-state index in [9.17, 15) is 14.4 Å². The lowest BCUT2D eigenvalue weighted by atomic mass is 9.92. The fourth-order valence-corrected chi connectivity index (χ4v) is 4.37. The van der Waals surface area contributed by atoms with Crippen LogP contribution in [-0.4, -0.2) is 29.3 Å². The second-order valence-corrected chi connectivity index (χ2v) is 8.24. The minimum atomic E-state index is -1.25.